The molecule has 9 heteroatoms. The smallest absolute Gasteiger partial charge is 0.261 e. The first-order valence-corrected chi connectivity index (χ1v) is 9.27. The van der Waals surface area contributed by atoms with Crippen molar-refractivity contribution in [3.8, 4) is 10.6 Å². The molecular weight excluding hydrogens is 367 g/mol. The standard InChI is InChI=1S/C16H11FN2O4S2/c17-14-6-5-12(9-13(14)16(20)21)25(22,23)19-11-3-1-10(2-4-11)15-18-7-8-24-15/h1-9,19H,(H,20,21)/p-1. The average Bonchev–Trinajstić information content (AvgIpc) is 3.09. The maximum absolute atomic E-state index is 13.4. The maximum atomic E-state index is 13.4. The van der Waals surface area contributed by atoms with Gasteiger partial charge in [-0.2, -0.15) is 0 Å². The topological polar surface area (TPSA) is 99.2 Å². The largest absolute Gasteiger partial charge is 0.545 e. The molecule has 128 valence electrons. The molecule has 0 aliphatic heterocycles. The van der Waals surface area contributed by atoms with Crippen molar-refractivity contribution in [3.05, 3.63) is 65.4 Å². The van der Waals surface area contributed by atoms with Crippen molar-refractivity contribution in [2.24, 2.45) is 0 Å². The third-order valence-corrected chi connectivity index (χ3v) is 5.49. The van der Waals surface area contributed by atoms with E-state index in [2.05, 4.69) is 9.71 Å². The molecule has 0 aliphatic carbocycles. The zero-order valence-corrected chi connectivity index (χ0v) is 14.1. The summed E-state index contributed by atoms with van der Waals surface area (Å²) in [6.45, 7) is 0. The minimum atomic E-state index is -4.07. The molecule has 0 bridgehead atoms. The summed E-state index contributed by atoms with van der Waals surface area (Å²) in [4.78, 5) is 14.6. The number of carboxylic acids is 1. The number of aromatic carboxylic acids is 1. The lowest BCUT2D eigenvalue weighted by Crippen LogP contribution is -2.24. The monoisotopic (exact) mass is 377 g/mol. The second-order valence-electron chi connectivity index (χ2n) is 4.95. The van der Waals surface area contributed by atoms with Gasteiger partial charge in [0, 0.05) is 28.4 Å². The molecule has 0 atom stereocenters. The van der Waals surface area contributed by atoms with Crippen LogP contribution in [-0.2, 0) is 10.0 Å². The van der Waals surface area contributed by atoms with Crippen LogP contribution >= 0.6 is 11.3 Å². The van der Waals surface area contributed by atoms with Crippen LogP contribution in [0.2, 0.25) is 0 Å². The van der Waals surface area contributed by atoms with Crippen molar-refractivity contribution in [2.45, 2.75) is 4.90 Å². The summed E-state index contributed by atoms with van der Waals surface area (Å²) in [5.74, 6) is -2.85. The summed E-state index contributed by atoms with van der Waals surface area (Å²) in [6, 6.07) is 8.98. The molecule has 2 aromatic carbocycles. The summed E-state index contributed by atoms with van der Waals surface area (Å²) in [6.07, 6.45) is 1.67. The molecule has 3 aromatic rings. The minimum Gasteiger partial charge on any atom is -0.545 e. The number of sulfonamides is 1. The number of carbonyl (C=O) groups is 1. The van der Waals surface area contributed by atoms with Gasteiger partial charge in [0.05, 0.1) is 10.9 Å². The van der Waals surface area contributed by atoms with Crippen LogP contribution in [0.25, 0.3) is 10.6 Å². The number of halogens is 1. The van der Waals surface area contributed by atoms with Crippen molar-refractivity contribution in [1.29, 1.82) is 0 Å². The number of rotatable bonds is 5. The number of hydrogen-bond donors (Lipinski definition) is 1. The molecule has 25 heavy (non-hydrogen) atoms. The predicted octanol–water partition coefficient (Wildman–Crippen LogP) is 2.11. The molecule has 1 N–H and O–H groups in total. The fraction of sp³-hybridized carbons (Fsp3) is 0. The first-order valence-electron chi connectivity index (χ1n) is 6.90. The van der Waals surface area contributed by atoms with Crippen LogP contribution in [0.1, 0.15) is 10.4 Å². The minimum absolute atomic E-state index is 0.277. The van der Waals surface area contributed by atoms with Crippen LogP contribution in [0, 0.1) is 5.82 Å². The Morgan fingerprint density at radius 1 is 1.16 bits per heavy atom. The normalized spacial score (nSPS) is 11.2. The number of aromatic nitrogens is 1. The molecule has 0 amide bonds. The van der Waals surface area contributed by atoms with E-state index < -0.39 is 27.4 Å². The highest BCUT2D eigenvalue weighted by molar-refractivity contribution is 7.92. The Hall–Kier alpha value is -2.78. The molecule has 0 unspecified atom stereocenters. The molecule has 1 heterocycles. The summed E-state index contributed by atoms with van der Waals surface area (Å²) in [5.41, 5.74) is 0.292. The van der Waals surface area contributed by atoms with E-state index in [4.69, 9.17) is 0 Å². The number of thiazole rings is 1. The highest BCUT2D eigenvalue weighted by Crippen LogP contribution is 2.24. The lowest BCUT2D eigenvalue weighted by molar-refractivity contribution is -0.255. The van der Waals surface area contributed by atoms with Crippen molar-refractivity contribution >= 4 is 33.0 Å². The Morgan fingerprint density at radius 3 is 2.48 bits per heavy atom. The zero-order valence-electron chi connectivity index (χ0n) is 12.5. The Labute approximate surface area is 146 Å². The Balaban J connectivity index is 1.86. The van der Waals surface area contributed by atoms with E-state index in [1.54, 1.807) is 30.5 Å². The SMILES string of the molecule is O=C([O-])c1cc(S(=O)(=O)Nc2ccc(-c3nccs3)cc2)ccc1F. The Morgan fingerprint density at radius 2 is 1.88 bits per heavy atom. The highest BCUT2D eigenvalue weighted by atomic mass is 32.2. The van der Waals surface area contributed by atoms with Crippen molar-refractivity contribution in [3.63, 3.8) is 0 Å². The summed E-state index contributed by atoms with van der Waals surface area (Å²) in [7, 11) is -4.07. The Kier molecular flexibility index (Phi) is 4.51. The number of anilines is 1. The number of nitrogens with zero attached hydrogens (tertiary/aromatic N) is 1. The first-order chi connectivity index (χ1) is 11.9. The van der Waals surface area contributed by atoms with Gasteiger partial charge >= 0.3 is 0 Å². The summed E-state index contributed by atoms with van der Waals surface area (Å²) >= 11 is 1.45. The van der Waals surface area contributed by atoms with Crippen LogP contribution in [0.3, 0.4) is 0 Å². The maximum Gasteiger partial charge on any atom is 0.261 e. The molecule has 3 rings (SSSR count). The van der Waals surface area contributed by atoms with E-state index in [9.17, 15) is 22.7 Å². The van der Waals surface area contributed by atoms with Gasteiger partial charge in [0.15, 0.2) is 0 Å². The molecule has 0 aliphatic rings. The molecule has 0 saturated heterocycles. The number of benzene rings is 2. The molecule has 0 fully saturated rings. The van der Waals surface area contributed by atoms with E-state index in [0.29, 0.717) is 0 Å². The summed E-state index contributed by atoms with van der Waals surface area (Å²) in [5, 5.41) is 13.5. The van der Waals surface area contributed by atoms with E-state index in [1.807, 2.05) is 5.38 Å². The molecule has 6 nitrogen and oxygen atoms in total. The first kappa shape index (κ1) is 17.1. The van der Waals surface area contributed by atoms with Gasteiger partial charge in [-0.25, -0.2) is 17.8 Å². The Bertz CT molecular complexity index is 1020. The van der Waals surface area contributed by atoms with Crippen molar-refractivity contribution < 1.29 is 22.7 Å². The lowest BCUT2D eigenvalue weighted by Gasteiger charge is -2.11. The number of carboxylic acid groups (broad SMARTS) is 1. The highest BCUT2D eigenvalue weighted by Gasteiger charge is 2.17. The molecule has 1 aromatic heterocycles. The van der Waals surface area contributed by atoms with Gasteiger partial charge in [0.25, 0.3) is 10.0 Å². The van der Waals surface area contributed by atoms with Gasteiger partial charge in [-0.05, 0) is 42.5 Å². The van der Waals surface area contributed by atoms with Gasteiger partial charge in [-0.15, -0.1) is 11.3 Å². The number of carbonyl (C=O) groups excluding carboxylic acids is 1. The number of nitrogens with one attached hydrogen (secondary N) is 1. The van der Waals surface area contributed by atoms with Gasteiger partial charge < -0.3 is 9.90 Å². The molecular formula is C16H10FN2O4S2-. The van der Waals surface area contributed by atoms with Gasteiger partial charge in [-0.3, -0.25) is 4.72 Å². The van der Waals surface area contributed by atoms with E-state index >= 15 is 0 Å². The van der Waals surface area contributed by atoms with Crippen LogP contribution in [0.4, 0.5) is 10.1 Å². The number of hydrogen-bond acceptors (Lipinski definition) is 6. The van der Waals surface area contributed by atoms with Crippen LogP contribution in [-0.4, -0.2) is 19.4 Å². The second-order valence-corrected chi connectivity index (χ2v) is 7.53. The quantitative estimate of drug-likeness (QED) is 0.734. The van der Waals surface area contributed by atoms with Gasteiger partial charge in [-0.1, -0.05) is 0 Å². The lowest BCUT2D eigenvalue weighted by atomic mass is 10.2. The fourth-order valence-electron chi connectivity index (χ4n) is 2.09. The van der Waals surface area contributed by atoms with E-state index in [-0.39, 0.29) is 10.6 Å². The third kappa shape index (κ3) is 3.67. The van der Waals surface area contributed by atoms with Crippen molar-refractivity contribution in [1.82, 2.24) is 4.98 Å². The van der Waals surface area contributed by atoms with Crippen LogP contribution in [0.15, 0.2) is 58.9 Å². The fourth-order valence-corrected chi connectivity index (χ4v) is 3.82. The molecule has 0 spiro atoms. The molecule has 0 saturated carbocycles. The molecule has 0 radical (unpaired) electrons. The van der Waals surface area contributed by atoms with Crippen LogP contribution < -0.4 is 9.83 Å². The second kappa shape index (κ2) is 6.61. The van der Waals surface area contributed by atoms with Gasteiger partial charge in [0.1, 0.15) is 10.8 Å². The van der Waals surface area contributed by atoms with Gasteiger partial charge in [0.2, 0.25) is 0 Å². The average molecular weight is 377 g/mol. The predicted molar refractivity (Wildman–Crippen MR) is 89.1 cm³/mol. The van der Waals surface area contributed by atoms with E-state index in [1.165, 1.54) is 11.3 Å². The van der Waals surface area contributed by atoms with Crippen molar-refractivity contribution in [2.75, 3.05) is 4.72 Å². The van der Waals surface area contributed by atoms with E-state index in [0.717, 1.165) is 28.8 Å². The van der Waals surface area contributed by atoms with Crippen LogP contribution in [0.5, 0.6) is 0 Å². The third-order valence-electron chi connectivity index (χ3n) is 3.28. The summed E-state index contributed by atoms with van der Waals surface area (Å²) < 4.78 is 40.4. The zero-order chi connectivity index (χ0) is 18.0.